The van der Waals surface area contributed by atoms with E-state index in [2.05, 4.69) is 20.4 Å². The van der Waals surface area contributed by atoms with Gasteiger partial charge in [0, 0.05) is 11.6 Å². The number of nitrogens with one attached hydrogen (secondary N) is 2. The van der Waals surface area contributed by atoms with Crippen LogP contribution in [0.3, 0.4) is 0 Å². The number of hydrogen-bond donors (Lipinski definition) is 2. The van der Waals surface area contributed by atoms with Gasteiger partial charge < -0.3 is 10.3 Å². The number of aryl methyl sites for hydroxylation is 1. The van der Waals surface area contributed by atoms with E-state index in [4.69, 9.17) is 0 Å². The summed E-state index contributed by atoms with van der Waals surface area (Å²) in [4.78, 5) is 33.7. The van der Waals surface area contributed by atoms with Crippen molar-refractivity contribution in [2.75, 3.05) is 5.32 Å². The fourth-order valence-electron chi connectivity index (χ4n) is 4.08. The second-order valence-corrected chi connectivity index (χ2v) is 8.06. The number of anilines is 1. The second kappa shape index (κ2) is 7.50. The highest BCUT2D eigenvalue weighted by Gasteiger charge is 2.26. The number of amides is 1. The Morgan fingerprint density at radius 1 is 1.10 bits per heavy atom. The summed E-state index contributed by atoms with van der Waals surface area (Å²) in [6.07, 6.45) is 3.56. The SMILES string of the molecule is Cc1nn(-c2ccccc2)c(C)c1C(=O)C(=O)Nc1ccc2nc(C3CCC3)[nH]c2c1. The lowest BCUT2D eigenvalue weighted by atomic mass is 9.85. The number of hydrogen-bond acceptors (Lipinski definition) is 4. The second-order valence-electron chi connectivity index (χ2n) is 8.06. The van der Waals surface area contributed by atoms with Gasteiger partial charge in [-0.2, -0.15) is 5.10 Å². The minimum Gasteiger partial charge on any atom is -0.342 e. The number of carbonyl (C=O) groups excluding carboxylic acids is 2. The molecule has 0 atom stereocenters. The molecule has 7 heteroatoms. The van der Waals surface area contributed by atoms with Crippen LogP contribution in [-0.2, 0) is 4.79 Å². The molecule has 1 aliphatic carbocycles. The van der Waals surface area contributed by atoms with E-state index in [-0.39, 0.29) is 0 Å². The smallest absolute Gasteiger partial charge is 0.296 e. The molecule has 1 aliphatic rings. The molecule has 7 nitrogen and oxygen atoms in total. The minimum atomic E-state index is -0.683. The van der Waals surface area contributed by atoms with Crippen LogP contribution in [0.4, 0.5) is 5.69 Å². The summed E-state index contributed by atoms with van der Waals surface area (Å²) in [6.45, 7) is 3.54. The number of carbonyl (C=O) groups is 2. The molecule has 2 heterocycles. The van der Waals surface area contributed by atoms with Gasteiger partial charge in [-0.1, -0.05) is 24.6 Å². The van der Waals surface area contributed by atoms with E-state index in [1.807, 2.05) is 42.5 Å². The average Bonchev–Trinajstić information content (AvgIpc) is 3.26. The molecule has 156 valence electrons. The zero-order chi connectivity index (χ0) is 21.5. The normalized spacial score (nSPS) is 13.9. The topological polar surface area (TPSA) is 92.7 Å². The fraction of sp³-hybridized carbons (Fsp3) is 0.250. The molecule has 4 aromatic rings. The van der Waals surface area contributed by atoms with Crippen molar-refractivity contribution in [3.05, 3.63) is 71.3 Å². The predicted molar refractivity (Wildman–Crippen MR) is 119 cm³/mol. The molecule has 2 aromatic heterocycles. The van der Waals surface area contributed by atoms with Gasteiger partial charge in [0.2, 0.25) is 0 Å². The Morgan fingerprint density at radius 2 is 1.87 bits per heavy atom. The first-order valence-electron chi connectivity index (χ1n) is 10.5. The number of nitrogens with zero attached hydrogens (tertiary/aromatic N) is 3. The maximum Gasteiger partial charge on any atom is 0.296 e. The van der Waals surface area contributed by atoms with E-state index < -0.39 is 11.7 Å². The molecule has 1 amide bonds. The Balaban J connectivity index is 1.38. The summed E-state index contributed by atoms with van der Waals surface area (Å²) >= 11 is 0. The van der Waals surface area contributed by atoms with Crippen LogP contribution in [0.15, 0.2) is 48.5 Å². The largest absolute Gasteiger partial charge is 0.342 e. The maximum atomic E-state index is 13.0. The van der Waals surface area contributed by atoms with Crippen LogP contribution in [0.25, 0.3) is 16.7 Å². The quantitative estimate of drug-likeness (QED) is 0.373. The molecule has 0 aliphatic heterocycles. The van der Waals surface area contributed by atoms with Crippen LogP contribution in [0.5, 0.6) is 0 Å². The third-order valence-electron chi connectivity index (χ3n) is 5.98. The Morgan fingerprint density at radius 3 is 2.58 bits per heavy atom. The van der Waals surface area contributed by atoms with Gasteiger partial charge in [-0.3, -0.25) is 9.59 Å². The summed E-state index contributed by atoms with van der Waals surface area (Å²) in [5.41, 5.74) is 4.61. The molecule has 2 N–H and O–H groups in total. The van der Waals surface area contributed by atoms with Gasteiger partial charge in [0.1, 0.15) is 5.82 Å². The number of benzene rings is 2. The molecule has 2 aromatic carbocycles. The minimum absolute atomic E-state index is 0.330. The standard InChI is InChI=1S/C24H23N5O2/c1-14-21(15(2)29(28-14)18-9-4-3-5-10-18)22(30)24(31)25-17-11-12-19-20(13-17)27-23(26-19)16-7-6-8-16/h3-5,9-13,16H,6-8H2,1-2H3,(H,25,31)(H,26,27). The summed E-state index contributed by atoms with van der Waals surface area (Å²) in [5, 5.41) is 7.20. The zero-order valence-corrected chi connectivity index (χ0v) is 17.5. The molecule has 1 saturated carbocycles. The number of Topliss-reactive ketones (excluding diaryl/α,β-unsaturated/α-hetero) is 1. The van der Waals surface area contributed by atoms with E-state index in [1.165, 1.54) is 6.42 Å². The first-order chi connectivity index (χ1) is 15.0. The molecule has 0 spiro atoms. The highest BCUT2D eigenvalue weighted by molar-refractivity contribution is 6.47. The molecule has 0 bridgehead atoms. The van der Waals surface area contributed by atoms with Gasteiger partial charge >= 0.3 is 0 Å². The molecule has 31 heavy (non-hydrogen) atoms. The Labute approximate surface area is 179 Å². The number of imidazole rings is 1. The first kappa shape index (κ1) is 19.2. The summed E-state index contributed by atoms with van der Waals surface area (Å²) < 4.78 is 1.69. The van der Waals surface area contributed by atoms with Gasteiger partial charge in [-0.15, -0.1) is 0 Å². The molecule has 5 rings (SSSR count). The van der Waals surface area contributed by atoms with E-state index in [9.17, 15) is 9.59 Å². The van der Waals surface area contributed by atoms with Crippen LogP contribution >= 0.6 is 0 Å². The van der Waals surface area contributed by atoms with Crippen molar-refractivity contribution in [2.24, 2.45) is 0 Å². The number of ketones is 1. The maximum absolute atomic E-state index is 13.0. The highest BCUT2D eigenvalue weighted by atomic mass is 16.2. The van der Waals surface area contributed by atoms with Gasteiger partial charge in [0.15, 0.2) is 0 Å². The molecule has 0 unspecified atom stereocenters. The van der Waals surface area contributed by atoms with E-state index in [0.29, 0.717) is 28.6 Å². The molecular weight excluding hydrogens is 390 g/mol. The predicted octanol–water partition coefficient (Wildman–Crippen LogP) is 4.45. The number of H-pyrrole nitrogens is 1. The van der Waals surface area contributed by atoms with Crippen LogP contribution in [-0.4, -0.2) is 31.4 Å². The highest BCUT2D eigenvalue weighted by Crippen LogP contribution is 2.35. The fourth-order valence-corrected chi connectivity index (χ4v) is 4.08. The van der Waals surface area contributed by atoms with E-state index in [1.54, 1.807) is 24.6 Å². The van der Waals surface area contributed by atoms with Crippen molar-refractivity contribution in [1.82, 2.24) is 19.7 Å². The van der Waals surface area contributed by atoms with Crippen molar-refractivity contribution in [1.29, 1.82) is 0 Å². The Hall–Kier alpha value is -3.74. The number of aromatic nitrogens is 4. The van der Waals surface area contributed by atoms with Crippen molar-refractivity contribution < 1.29 is 9.59 Å². The lowest BCUT2D eigenvalue weighted by Gasteiger charge is -2.22. The lowest BCUT2D eigenvalue weighted by molar-refractivity contribution is -0.112. The average molecular weight is 413 g/mol. The van der Waals surface area contributed by atoms with Crippen LogP contribution < -0.4 is 5.32 Å². The monoisotopic (exact) mass is 413 g/mol. The van der Waals surface area contributed by atoms with E-state index in [0.717, 1.165) is 35.4 Å². The van der Waals surface area contributed by atoms with E-state index >= 15 is 0 Å². The van der Waals surface area contributed by atoms with Gasteiger partial charge in [0.05, 0.1) is 33.7 Å². The number of rotatable bonds is 5. The van der Waals surface area contributed by atoms with Crippen molar-refractivity contribution in [3.8, 4) is 5.69 Å². The molecule has 0 radical (unpaired) electrons. The van der Waals surface area contributed by atoms with Gasteiger partial charge in [0.25, 0.3) is 11.7 Å². The van der Waals surface area contributed by atoms with Crippen LogP contribution in [0.1, 0.15) is 52.8 Å². The number of aromatic amines is 1. The molecule has 1 fully saturated rings. The van der Waals surface area contributed by atoms with Gasteiger partial charge in [-0.05, 0) is 57.0 Å². The molecule has 0 saturated heterocycles. The lowest BCUT2D eigenvalue weighted by Crippen LogP contribution is -2.24. The van der Waals surface area contributed by atoms with Crippen molar-refractivity contribution >= 4 is 28.4 Å². The molecular formula is C24H23N5O2. The van der Waals surface area contributed by atoms with Gasteiger partial charge in [-0.25, -0.2) is 9.67 Å². The Bertz CT molecular complexity index is 1300. The summed E-state index contributed by atoms with van der Waals surface area (Å²) in [6, 6.07) is 15.0. The summed E-state index contributed by atoms with van der Waals surface area (Å²) in [5.74, 6) is 0.216. The number of fused-ring (bicyclic) bond motifs is 1. The van der Waals surface area contributed by atoms with Crippen molar-refractivity contribution in [3.63, 3.8) is 0 Å². The van der Waals surface area contributed by atoms with Crippen LogP contribution in [0.2, 0.25) is 0 Å². The number of para-hydroxylation sites is 1. The third-order valence-corrected chi connectivity index (χ3v) is 5.98. The summed E-state index contributed by atoms with van der Waals surface area (Å²) in [7, 11) is 0. The third kappa shape index (κ3) is 3.42. The first-order valence-corrected chi connectivity index (χ1v) is 10.5. The van der Waals surface area contributed by atoms with Crippen LogP contribution in [0, 0.1) is 13.8 Å². The Kier molecular flexibility index (Phi) is 4.66. The zero-order valence-electron chi connectivity index (χ0n) is 17.5. The van der Waals surface area contributed by atoms with Crippen molar-refractivity contribution in [2.45, 2.75) is 39.0 Å².